The highest BCUT2D eigenvalue weighted by molar-refractivity contribution is 5.63. The molecule has 0 saturated carbocycles. The molecule has 1 aromatic heterocycles. The molecule has 2 unspecified atom stereocenters. The Morgan fingerprint density at radius 1 is 1.35 bits per heavy atom. The molecule has 124 valence electrons. The summed E-state index contributed by atoms with van der Waals surface area (Å²) in [4.78, 5) is 6.98. The number of hydrogen-bond acceptors (Lipinski definition) is 3. The monoisotopic (exact) mass is 312 g/mol. The van der Waals surface area contributed by atoms with Gasteiger partial charge in [-0.05, 0) is 45.4 Å². The maximum absolute atomic E-state index is 4.54. The van der Waals surface area contributed by atoms with Crippen LogP contribution < -0.4 is 5.32 Å². The predicted molar refractivity (Wildman–Crippen MR) is 96.7 cm³/mol. The van der Waals surface area contributed by atoms with Gasteiger partial charge in [0.25, 0.3) is 0 Å². The van der Waals surface area contributed by atoms with Crippen LogP contribution in [0.3, 0.4) is 0 Å². The first-order chi connectivity index (χ1) is 11.2. The zero-order valence-electron chi connectivity index (χ0n) is 14.5. The van der Waals surface area contributed by atoms with Gasteiger partial charge in [-0.1, -0.05) is 19.1 Å². The van der Waals surface area contributed by atoms with Crippen LogP contribution in [0.15, 0.2) is 36.7 Å². The molecule has 1 N–H and O–H groups in total. The first-order valence-electron chi connectivity index (χ1n) is 8.75. The molecule has 1 aliphatic rings. The van der Waals surface area contributed by atoms with Crippen LogP contribution in [0, 0.1) is 0 Å². The second-order valence-corrected chi connectivity index (χ2v) is 6.72. The zero-order chi connectivity index (χ0) is 16.2. The quantitative estimate of drug-likeness (QED) is 0.910. The highest BCUT2D eigenvalue weighted by Gasteiger charge is 2.22. The van der Waals surface area contributed by atoms with Crippen molar-refractivity contribution in [2.75, 3.05) is 18.9 Å². The molecule has 4 nitrogen and oxygen atoms in total. The summed E-state index contributed by atoms with van der Waals surface area (Å²) in [5.41, 5.74) is 2.39. The Hall–Kier alpha value is -1.81. The van der Waals surface area contributed by atoms with E-state index in [0.717, 1.165) is 18.8 Å². The predicted octanol–water partition coefficient (Wildman–Crippen LogP) is 3.85. The van der Waals surface area contributed by atoms with E-state index in [1.165, 1.54) is 30.6 Å². The van der Waals surface area contributed by atoms with E-state index in [9.17, 15) is 0 Å². The van der Waals surface area contributed by atoms with E-state index in [-0.39, 0.29) is 0 Å². The third-order valence-corrected chi connectivity index (χ3v) is 4.88. The van der Waals surface area contributed by atoms with Crippen molar-refractivity contribution in [3.8, 4) is 11.4 Å². The standard InChI is InChI=1S/C19H28N4/c1-4-10-23-12-9-20-19(23)16-6-5-7-17(14-16)21-18-8-11-22(3)15(2)13-18/h5-7,9,12,14-15,18,21H,4,8,10-11,13H2,1-3H3. The van der Waals surface area contributed by atoms with Crippen LogP contribution in [0.25, 0.3) is 11.4 Å². The fourth-order valence-corrected chi connectivity index (χ4v) is 3.40. The summed E-state index contributed by atoms with van der Waals surface area (Å²) in [5, 5.41) is 3.72. The normalized spacial score (nSPS) is 22.2. The number of nitrogens with one attached hydrogen (secondary N) is 1. The summed E-state index contributed by atoms with van der Waals surface area (Å²) in [5.74, 6) is 1.06. The summed E-state index contributed by atoms with van der Waals surface area (Å²) < 4.78 is 2.23. The molecule has 0 aliphatic carbocycles. The Bertz CT molecular complexity index is 634. The van der Waals surface area contributed by atoms with Crippen LogP contribution in [-0.4, -0.2) is 40.1 Å². The molecule has 0 amide bonds. The Labute approximate surface area is 139 Å². The molecule has 0 bridgehead atoms. The number of imidazole rings is 1. The van der Waals surface area contributed by atoms with Crippen LogP contribution in [0.2, 0.25) is 0 Å². The maximum atomic E-state index is 4.54. The minimum atomic E-state index is 0.562. The summed E-state index contributed by atoms with van der Waals surface area (Å²) in [6.07, 6.45) is 7.48. The molecule has 0 spiro atoms. The van der Waals surface area contributed by atoms with Gasteiger partial charge in [0, 0.05) is 48.8 Å². The van der Waals surface area contributed by atoms with E-state index >= 15 is 0 Å². The van der Waals surface area contributed by atoms with Gasteiger partial charge in [0.2, 0.25) is 0 Å². The van der Waals surface area contributed by atoms with Crippen molar-refractivity contribution in [1.29, 1.82) is 0 Å². The van der Waals surface area contributed by atoms with Crippen molar-refractivity contribution in [2.45, 2.75) is 51.7 Å². The van der Waals surface area contributed by atoms with Crippen molar-refractivity contribution in [3.63, 3.8) is 0 Å². The van der Waals surface area contributed by atoms with E-state index in [2.05, 4.69) is 71.1 Å². The Morgan fingerprint density at radius 2 is 2.22 bits per heavy atom. The average Bonchev–Trinajstić information content (AvgIpc) is 3.00. The first kappa shape index (κ1) is 16.1. The van der Waals surface area contributed by atoms with Crippen molar-refractivity contribution in [2.24, 2.45) is 0 Å². The smallest absolute Gasteiger partial charge is 0.139 e. The van der Waals surface area contributed by atoms with E-state index < -0.39 is 0 Å². The number of aryl methyl sites for hydroxylation is 1. The average molecular weight is 312 g/mol. The molecule has 2 atom stereocenters. The molecule has 4 heteroatoms. The lowest BCUT2D eigenvalue weighted by molar-refractivity contribution is 0.190. The van der Waals surface area contributed by atoms with Gasteiger partial charge in [-0.15, -0.1) is 0 Å². The molecular formula is C19H28N4. The first-order valence-corrected chi connectivity index (χ1v) is 8.75. The van der Waals surface area contributed by atoms with Crippen molar-refractivity contribution >= 4 is 5.69 Å². The highest BCUT2D eigenvalue weighted by Crippen LogP contribution is 2.24. The minimum Gasteiger partial charge on any atom is -0.382 e. The summed E-state index contributed by atoms with van der Waals surface area (Å²) >= 11 is 0. The Morgan fingerprint density at radius 3 is 3.00 bits per heavy atom. The lowest BCUT2D eigenvalue weighted by atomic mass is 9.98. The molecule has 1 saturated heterocycles. The van der Waals surface area contributed by atoms with E-state index in [0.29, 0.717) is 12.1 Å². The van der Waals surface area contributed by atoms with Gasteiger partial charge in [-0.2, -0.15) is 0 Å². The molecule has 3 rings (SSSR count). The Balaban J connectivity index is 1.74. The van der Waals surface area contributed by atoms with Crippen LogP contribution in [0.5, 0.6) is 0 Å². The molecule has 1 aromatic carbocycles. The highest BCUT2D eigenvalue weighted by atomic mass is 15.1. The third kappa shape index (κ3) is 3.75. The number of likely N-dealkylation sites (tertiary alicyclic amines) is 1. The molecule has 1 aliphatic heterocycles. The molecular weight excluding hydrogens is 284 g/mol. The molecule has 2 aromatic rings. The second kappa shape index (κ2) is 7.18. The van der Waals surface area contributed by atoms with Gasteiger partial charge < -0.3 is 14.8 Å². The number of hydrogen-bond donors (Lipinski definition) is 1. The van der Waals surface area contributed by atoms with Crippen LogP contribution >= 0.6 is 0 Å². The lowest BCUT2D eigenvalue weighted by Crippen LogP contribution is -2.42. The van der Waals surface area contributed by atoms with Crippen molar-refractivity contribution in [3.05, 3.63) is 36.7 Å². The van der Waals surface area contributed by atoms with Crippen molar-refractivity contribution < 1.29 is 0 Å². The molecule has 23 heavy (non-hydrogen) atoms. The topological polar surface area (TPSA) is 33.1 Å². The van der Waals surface area contributed by atoms with Crippen molar-refractivity contribution in [1.82, 2.24) is 14.5 Å². The van der Waals surface area contributed by atoms with E-state index in [4.69, 9.17) is 0 Å². The number of benzene rings is 1. The zero-order valence-corrected chi connectivity index (χ0v) is 14.5. The summed E-state index contributed by atoms with van der Waals surface area (Å²) in [7, 11) is 2.22. The molecule has 2 heterocycles. The SMILES string of the molecule is CCCn1ccnc1-c1cccc(NC2CCN(C)C(C)C2)c1. The number of anilines is 1. The molecule has 1 fully saturated rings. The number of rotatable bonds is 5. The van der Waals surface area contributed by atoms with Gasteiger partial charge in [0.05, 0.1) is 0 Å². The lowest BCUT2D eigenvalue weighted by Gasteiger charge is -2.35. The molecule has 0 radical (unpaired) electrons. The van der Waals surface area contributed by atoms with E-state index in [1.807, 2.05) is 6.20 Å². The van der Waals surface area contributed by atoms with E-state index in [1.54, 1.807) is 0 Å². The van der Waals surface area contributed by atoms with Gasteiger partial charge in [-0.3, -0.25) is 0 Å². The summed E-state index contributed by atoms with van der Waals surface area (Å²) in [6, 6.07) is 9.88. The van der Waals surface area contributed by atoms with Crippen LogP contribution in [0.4, 0.5) is 5.69 Å². The fraction of sp³-hybridized carbons (Fsp3) is 0.526. The van der Waals surface area contributed by atoms with Gasteiger partial charge in [-0.25, -0.2) is 4.98 Å². The number of piperidine rings is 1. The fourth-order valence-electron chi connectivity index (χ4n) is 3.40. The number of aromatic nitrogens is 2. The minimum absolute atomic E-state index is 0.562. The van der Waals surface area contributed by atoms with Crippen LogP contribution in [0.1, 0.15) is 33.1 Å². The summed E-state index contributed by atoms with van der Waals surface area (Å²) in [6.45, 7) is 6.69. The van der Waals surface area contributed by atoms with Gasteiger partial charge in [0.15, 0.2) is 0 Å². The maximum Gasteiger partial charge on any atom is 0.139 e. The second-order valence-electron chi connectivity index (χ2n) is 6.72. The largest absolute Gasteiger partial charge is 0.382 e. The van der Waals surface area contributed by atoms with Crippen LogP contribution in [-0.2, 0) is 6.54 Å². The van der Waals surface area contributed by atoms with Gasteiger partial charge in [0.1, 0.15) is 5.82 Å². The van der Waals surface area contributed by atoms with Gasteiger partial charge >= 0.3 is 0 Å². The number of nitrogens with zero attached hydrogens (tertiary/aromatic N) is 3. The Kier molecular flexibility index (Phi) is 5.01. The third-order valence-electron chi connectivity index (χ3n) is 4.88.